The van der Waals surface area contributed by atoms with Crippen molar-refractivity contribution in [3.63, 3.8) is 0 Å². The number of aryl methyl sites for hydroxylation is 2. The van der Waals surface area contributed by atoms with Gasteiger partial charge in [-0.05, 0) is 43.0 Å². The molecule has 0 aliphatic carbocycles. The number of aliphatic hydroxyl groups is 1. The number of aliphatic hydroxyl groups excluding tert-OH is 1. The molecule has 0 radical (unpaired) electrons. The molecule has 176 valence electrons. The molecule has 0 saturated carbocycles. The van der Waals surface area contributed by atoms with Crippen molar-refractivity contribution in [2.45, 2.75) is 58.3 Å². The predicted octanol–water partition coefficient (Wildman–Crippen LogP) is 3.49. The van der Waals surface area contributed by atoms with Crippen molar-refractivity contribution in [3.05, 3.63) is 89.0 Å². The van der Waals surface area contributed by atoms with E-state index in [4.69, 9.17) is 0 Å². The highest BCUT2D eigenvalue weighted by Gasteiger charge is 2.24. The Kier molecular flexibility index (Phi) is 9.15. The van der Waals surface area contributed by atoms with Gasteiger partial charge in [0, 0.05) is 31.4 Å². The third-order valence-corrected chi connectivity index (χ3v) is 5.59. The quantitative estimate of drug-likeness (QED) is 0.393. The van der Waals surface area contributed by atoms with E-state index in [9.17, 15) is 14.3 Å². The molecule has 3 rings (SSSR count). The van der Waals surface area contributed by atoms with E-state index < -0.39 is 23.9 Å². The summed E-state index contributed by atoms with van der Waals surface area (Å²) in [5, 5.41) is 21.3. The van der Waals surface area contributed by atoms with Gasteiger partial charge in [-0.2, -0.15) is 5.10 Å². The largest absolute Gasteiger partial charge is 0.390 e. The molecular weight excluding hydrogens is 419 g/mol. The summed E-state index contributed by atoms with van der Waals surface area (Å²) in [6, 6.07) is 13.7. The highest BCUT2D eigenvalue weighted by molar-refractivity contribution is 5.94. The number of halogens is 1. The summed E-state index contributed by atoms with van der Waals surface area (Å²) >= 11 is 0. The van der Waals surface area contributed by atoms with Crippen LogP contribution in [0.2, 0.25) is 0 Å². The molecule has 7 heteroatoms. The molecule has 2 aromatic carbocycles. The standard InChI is InChI=1S/C26H33FN4O2/c1-3-8-19-11-12-23(27)22(13-19)26(33)30-24(14-20-9-6-5-7-10-20)25(32)17-28-15-21-16-29-31(4-2)18-21/h5-7,9-13,16,18,24-25,28,32H,3-4,8,14-15,17H2,1-2H3,(H,30,33)/t24-,25+/m0/s1. The van der Waals surface area contributed by atoms with Gasteiger partial charge in [-0.1, -0.05) is 49.7 Å². The average Bonchev–Trinajstić information content (AvgIpc) is 3.28. The smallest absolute Gasteiger partial charge is 0.254 e. The first-order valence-electron chi connectivity index (χ1n) is 11.5. The molecular formula is C26H33FN4O2. The first-order chi connectivity index (χ1) is 16.0. The summed E-state index contributed by atoms with van der Waals surface area (Å²) in [4.78, 5) is 13.0. The van der Waals surface area contributed by atoms with E-state index in [2.05, 4.69) is 15.7 Å². The van der Waals surface area contributed by atoms with Crippen LogP contribution in [-0.4, -0.2) is 39.5 Å². The van der Waals surface area contributed by atoms with Crippen molar-refractivity contribution in [1.29, 1.82) is 0 Å². The summed E-state index contributed by atoms with van der Waals surface area (Å²) in [7, 11) is 0. The number of rotatable bonds is 12. The van der Waals surface area contributed by atoms with Gasteiger partial charge in [0.15, 0.2) is 0 Å². The second kappa shape index (κ2) is 12.3. The van der Waals surface area contributed by atoms with E-state index in [0.29, 0.717) is 13.0 Å². The van der Waals surface area contributed by atoms with Crippen LogP contribution in [0.25, 0.3) is 0 Å². The fraction of sp³-hybridized carbons (Fsp3) is 0.385. The normalized spacial score (nSPS) is 13.0. The highest BCUT2D eigenvalue weighted by Crippen LogP contribution is 2.14. The Bertz CT molecular complexity index is 1020. The lowest BCUT2D eigenvalue weighted by Gasteiger charge is -2.25. The van der Waals surface area contributed by atoms with Gasteiger partial charge in [0.05, 0.1) is 23.9 Å². The Morgan fingerprint density at radius 2 is 1.91 bits per heavy atom. The molecule has 1 aromatic heterocycles. The van der Waals surface area contributed by atoms with Crippen LogP contribution in [-0.2, 0) is 25.9 Å². The van der Waals surface area contributed by atoms with Gasteiger partial charge in [0.2, 0.25) is 0 Å². The van der Waals surface area contributed by atoms with Gasteiger partial charge in [-0.3, -0.25) is 9.48 Å². The lowest BCUT2D eigenvalue weighted by molar-refractivity contribution is 0.0826. The minimum absolute atomic E-state index is 0.00570. The summed E-state index contributed by atoms with van der Waals surface area (Å²) in [5.74, 6) is -1.08. The second-order valence-electron chi connectivity index (χ2n) is 8.24. The fourth-order valence-corrected chi connectivity index (χ4v) is 3.77. The van der Waals surface area contributed by atoms with Crippen molar-refractivity contribution >= 4 is 5.91 Å². The Balaban J connectivity index is 1.69. The van der Waals surface area contributed by atoms with Gasteiger partial charge >= 0.3 is 0 Å². The predicted molar refractivity (Wildman–Crippen MR) is 127 cm³/mol. The molecule has 1 amide bonds. The van der Waals surface area contributed by atoms with Crippen LogP contribution in [0, 0.1) is 5.82 Å². The molecule has 0 aliphatic rings. The van der Waals surface area contributed by atoms with Gasteiger partial charge in [0.1, 0.15) is 5.82 Å². The maximum absolute atomic E-state index is 14.4. The van der Waals surface area contributed by atoms with Crippen LogP contribution < -0.4 is 10.6 Å². The van der Waals surface area contributed by atoms with Crippen LogP contribution in [0.4, 0.5) is 4.39 Å². The molecule has 0 spiro atoms. The van der Waals surface area contributed by atoms with Gasteiger partial charge in [-0.15, -0.1) is 0 Å². The highest BCUT2D eigenvalue weighted by atomic mass is 19.1. The van der Waals surface area contributed by atoms with Crippen molar-refractivity contribution < 1.29 is 14.3 Å². The number of nitrogens with one attached hydrogen (secondary N) is 2. The number of aromatic nitrogens is 2. The average molecular weight is 453 g/mol. The van der Waals surface area contributed by atoms with E-state index >= 15 is 0 Å². The molecule has 0 bridgehead atoms. The number of benzene rings is 2. The summed E-state index contributed by atoms with van der Waals surface area (Å²) in [6.45, 7) is 5.68. The monoisotopic (exact) mass is 452 g/mol. The lowest BCUT2D eigenvalue weighted by atomic mass is 9.99. The van der Waals surface area contributed by atoms with E-state index in [1.54, 1.807) is 18.3 Å². The summed E-state index contributed by atoms with van der Waals surface area (Å²) < 4.78 is 16.3. The minimum Gasteiger partial charge on any atom is -0.390 e. The van der Waals surface area contributed by atoms with Gasteiger partial charge in [0.25, 0.3) is 5.91 Å². The van der Waals surface area contributed by atoms with E-state index in [1.165, 1.54) is 6.07 Å². The lowest BCUT2D eigenvalue weighted by Crippen LogP contribution is -2.48. The zero-order valence-electron chi connectivity index (χ0n) is 19.3. The third kappa shape index (κ3) is 7.23. The minimum atomic E-state index is -0.864. The molecule has 0 aliphatic heterocycles. The number of carbonyl (C=O) groups is 1. The number of hydrogen-bond acceptors (Lipinski definition) is 4. The van der Waals surface area contributed by atoms with Crippen LogP contribution in [0.5, 0.6) is 0 Å². The third-order valence-electron chi connectivity index (χ3n) is 5.59. The molecule has 1 heterocycles. The second-order valence-corrected chi connectivity index (χ2v) is 8.24. The van der Waals surface area contributed by atoms with Crippen molar-refractivity contribution in [2.24, 2.45) is 0 Å². The van der Waals surface area contributed by atoms with Crippen LogP contribution in [0.15, 0.2) is 60.9 Å². The van der Waals surface area contributed by atoms with Crippen molar-refractivity contribution in [2.75, 3.05) is 6.54 Å². The molecule has 0 fully saturated rings. The topological polar surface area (TPSA) is 79.2 Å². The Morgan fingerprint density at radius 3 is 2.61 bits per heavy atom. The molecule has 2 atom stereocenters. The number of amides is 1. The Morgan fingerprint density at radius 1 is 1.12 bits per heavy atom. The van der Waals surface area contributed by atoms with E-state index in [-0.39, 0.29) is 12.1 Å². The summed E-state index contributed by atoms with van der Waals surface area (Å²) in [6.07, 6.45) is 4.99. The summed E-state index contributed by atoms with van der Waals surface area (Å²) in [5.41, 5.74) is 2.92. The number of nitrogens with zero attached hydrogens (tertiary/aromatic N) is 2. The zero-order valence-corrected chi connectivity index (χ0v) is 19.3. The van der Waals surface area contributed by atoms with Gasteiger partial charge < -0.3 is 15.7 Å². The maximum Gasteiger partial charge on any atom is 0.254 e. The Labute approximate surface area is 194 Å². The van der Waals surface area contributed by atoms with Crippen LogP contribution >= 0.6 is 0 Å². The van der Waals surface area contributed by atoms with E-state index in [0.717, 1.165) is 36.1 Å². The zero-order chi connectivity index (χ0) is 23.6. The molecule has 3 aromatic rings. The SMILES string of the molecule is CCCc1ccc(F)c(C(=O)N[C@@H](Cc2ccccc2)[C@H](O)CNCc2cnn(CC)c2)c1. The van der Waals surface area contributed by atoms with Crippen molar-refractivity contribution in [3.8, 4) is 0 Å². The van der Waals surface area contributed by atoms with E-state index in [1.807, 2.05) is 55.1 Å². The molecule has 0 saturated heterocycles. The maximum atomic E-state index is 14.4. The van der Waals surface area contributed by atoms with Crippen LogP contribution in [0.3, 0.4) is 0 Å². The van der Waals surface area contributed by atoms with Crippen LogP contribution in [0.1, 0.15) is 47.3 Å². The first-order valence-corrected chi connectivity index (χ1v) is 11.5. The molecule has 33 heavy (non-hydrogen) atoms. The molecule has 3 N–H and O–H groups in total. The Hall–Kier alpha value is -3.03. The number of hydrogen-bond donors (Lipinski definition) is 3. The molecule has 0 unspecified atom stereocenters. The van der Waals surface area contributed by atoms with Gasteiger partial charge in [-0.25, -0.2) is 4.39 Å². The number of carbonyl (C=O) groups excluding carboxylic acids is 1. The first kappa shape index (κ1) is 24.6. The fourth-order valence-electron chi connectivity index (χ4n) is 3.77. The van der Waals surface area contributed by atoms with Crippen molar-refractivity contribution in [1.82, 2.24) is 20.4 Å². The molecule has 6 nitrogen and oxygen atoms in total.